The molecule has 3 N–H and O–H groups in total. The first-order valence-electron chi connectivity index (χ1n) is 6.66. The van der Waals surface area contributed by atoms with Crippen LogP contribution in [0.25, 0.3) is 10.1 Å². The highest BCUT2D eigenvalue weighted by Gasteiger charge is 2.44. The summed E-state index contributed by atoms with van der Waals surface area (Å²) in [7, 11) is -3.42. The van der Waals surface area contributed by atoms with Crippen LogP contribution in [-0.2, 0) is 5.66 Å². The van der Waals surface area contributed by atoms with Crippen molar-refractivity contribution in [1.82, 2.24) is 0 Å². The second-order valence-electron chi connectivity index (χ2n) is 5.64. The van der Waals surface area contributed by atoms with Gasteiger partial charge in [-0.1, -0.05) is 0 Å². The Morgan fingerprint density at radius 3 is 2.52 bits per heavy atom. The van der Waals surface area contributed by atoms with E-state index in [9.17, 15) is 13.9 Å². The van der Waals surface area contributed by atoms with Crippen molar-refractivity contribution < 1.29 is 28.4 Å². The van der Waals surface area contributed by atoms with E-state index in [1.165, 1.54) is 0 Å². The largest absolute Gasteiger partial charge is 0.493 e. The fourth-order valence-corrected chi connectivity index (χ4v) is 4.63. The Kier molecular flexibility index (Phi) is 5.66. The first-order chi connectivity index (χ1) is 10.5. The highest BCUT2D eigenvalue weighted by atomic mass is 79.9. The lowest BCUT2D eigenvalue weighted by atomic mass is 10.1. The molecule has 0 spiro atoms. The zero-order valence-corrected chi connectivity index (χ0v) is 15.7. The van der Waals surface area contributed by atoms with Crippen molar-refractivity contribution in [3.63, 3.8) is 0 Å². The van der Waals surface area contributed by atoms with Crippen molar-refractivity contribution in [1.29, 1.82) is 0 Å². The summed E-state index contributed by atoms with van der Waals surface area (Å²) in [6.07, 6.45) is 0.432. The molecule has 2 aromatic rings. The molecule has 0 bridgehead atoms. The van der Waals surface area contributed by atoms with Crippen LogP contribution in [0.2, 0.25) is 0 Å². The van der Waals surface area contributed by atoms with Crippen LogP contribution in [0.1, 0.15) is 25.1 Å². The molecule has 0 radical (unpaired) electrons. The lowest BCUT2D eigenvalue weighted by Gasteiger charge is -2.17. The number of hydrogen-bond acceptors (Lipinski definition) is 5. The van der Waals surface area contributed by atoms with Gasteiger partial charge in [0.05, 0.1) is 17.1 Å². The summed E-state index contributed by atoms with van der Waals surface area (Å²) in [5.41, 5.74) is -4.54. The van der Waals surface area contributed by atoms with Crippen LogP contribution in [0.15, 0.2) is 22.7 Å². The molecule has 9 heteroatoms. The predicted octanol–water partition coefficient (Wildman–Crippen LogP) is 4.55. The number of halogens is 3. The number of hydrogen-bond donors (Lipinski definition) is 3. The van der Waals surface area contributed by atoms with Gasteiger partial charge < -0.3 is 19.6 Å². The fourth-order valence-electron chi connectivity index (χ4n) is 1.84. The number of ether oxygens (including phenoxy) is 1. The standard InChI is InChI=1S/C14H16BrF2O4PS/c1-13(2,18)5-6-21-8-3-4-9-10(7-8)23-12(11(9)15)14(16,17)22(19)20/h3-4,7,18-20H,5-6H2,1-2H3. The van der Waals surface area contributed by atoms with Gasteiger partial charge in [0.1, 0.15) is 5.75 Å². The van der Waals surface area contributed by atoms with E-state index in [0.717, 1.165) is 11.3 Å². The van der Waals surface area contributed by atoms with Gasteiger partial charge in [-0.3, -0.25) is 0 Å². The normalized spacial score (nSPS) is 13.1. The molecular weight excluding hydrogens is 413 g/mol. The van der Waals surface area contributed by atoms with E-state index >= 15 is 0 Å². The van der Waals surface area contributed by atoms with Gasteiger partial charge in [0.15, 0.2) is 0 Å². The lowest BCUT2D eigenvalue weighted by molar-refractivity contribution is 0.0553. The zero-order valence-electron chi connectivity index (χ0n) is 12.4. The molecule has 0 fully saturated rings. The Labute approximate surface area is 145 Å². The van der Waals surface area contributed by atoms with E-state index in [1.54, 1.807) is 32.0 Å². The van der Waals surface area contributed by atoms with Crippen LogP contribution < -0.4 is 4.74 Å². The van der Waals surface area contributed by atoms with Gasteiger partial charge >= 0.3 is 5.66 Å². The summed E-state index contributed by atoms with van der Waals surface area (Å²) in [6.45, 7) is 3.64. The molecule has 0 aliphatic heterocycles. The minimum atomic E-state index is -3.69. The van der Waals surface area contributed by atoms with E-state index < -0.39 is 24.5 Å². The van der Waals surface area contributed by atoms with E-state index in [1.807, 2.05) is 0 Å². The van der Waals surface area contributed by atoms with Crippen LogP contribution >= 0.6 is 35.6 Å². The third kappa shape index (κ3) is 4.38. The number of fused-ring (bicyclic) bond motifs is 1. The molecule has 0 atom stereocenters. The monoisotopic (exact) mass is 428 g/mol. The second-order valence-corrected chi connectivity index (χ2v) is 8.63. The molecule has 128 valence electrons. The molecule has 1 aromatic heterocycles. The van der Waals surface area contributed by atoms with Crippen LogP contribution in [0.5, 0.6) is 5.75 Å². The van der Waals surface area contributed by atoms with Gasteiger partial charge in [-0.05, 0) is 48.0 Å². The van der Waals surface area contributed by atoms with Gasteiger partial charge in [-0.2, -0.15) is 8.78 Å². The Balaban J connectivity index is 2.27. The Morgan fingerprint density at radius 2 is 1.96 bits per heavy atom. The summed E-state index contributed by atoms with van der Waals surface area (Å²) in [4.78, 5) is 17.5. The topological polar surface area (TPSA) is 69.9 Å². The highest BCUT2D eigenvalue weighted by Crippen LogP contribution is 2.57. The summed E-state index contributed by atoms with van der Waals surface area (Å²) in [5, 5.41) is 10.2. The van der Waals surface area contributed by atoms with Crippen LogP contribution in [0.4, 0.5) is 8.78 Å². The van der Waals surface area contributed by atoms with E-state index in [0.29, 0.717) is 28.9 Å². The summed E-state index contributed by atoms with van der Waals surface area (Å²) in [6, 6.07) is 4.89. The Bertz CT molecular complexity index is 700. The van der Waals surface area contributed by atoms with Gasteiger partial charge in [-0.25, -0.2) is 0 Å². The first-order valence-corrected chi connectivity index (χ1v) is 9.51. The summed E-state index contributed by atoms with van der Waals surface area (Å²) < 4.78 is 33.9. The molecule has 1 aromatic carbocycles. The predicted molar refractivity (Wildman–Crippen MR) is 91.2 cm³/mol. The van der Waals surface area contributed by atoms with Crippen molar-refractivity contribution in [3.8, 4) is 5.75 Å². The maximum absolute atomic E-state index is 13.9. The quantitative estimate of drug-likeness (QED) is 0.590. The third-order valence-corrected chi connectivity index (χ3v) is 6.29. The van der Waals surface area contributed by atoms with Crippen molar-refractivity contribution in [2.45, 2.75) is 31.5 Å². The number of rotatable bonds is 6. The molecule has 0 saturated carbocycles. The third-order valence-electron chi connectivity index (χ3n) is 3.11. The maximum Gasteiger partial charge on any atom is 0.349 e. The lowest BCUT2D eigenvalue weighted by Crippen LogP contribution is -2.21. The summed E-state index contributed by atoms with van der Waals surface area (Å²) in [5.74, 6) is 0.501. The number of benzene rings is 1. The number of alkyl halides is 2. The molecular formula is C14H16BrF2O4PS. The smallest absolute Gasteiger partial charge is 0.349 e. The molecule has 0 saturated heterocycles. The van der Waals surface area contributed by atoms with Gasteiger partial charge in [0.25, 0.3) is 0 Å². The van der Waals surface area contributed by atoms with Gasteiger partial charge in [-0.15, -0.1) is 11.3 Å². The minimum Gasteiger partial charge on any atom is -0.493 e. The van der Waals surface area contributed by atoms with Crippen LogP contribution in [-0.4, -0.2) is 27.1 Å². The van der Waals surface area contributed by atoms with Gasteiger partial charge in [0, 0.05) is 21.0 Å². The van der Waals surface area contributed by atoms with Crippen LogP contribution in [0.3, 0.4) is 0 Å². The van der Waals surface area contributed by atoms with E-state index in [-0.39, 0.29) is 4.47 Å². The van der Waals surface area contributed by atoms with Crippen molar-refractivity contribution in [2.75, 3.05) is 6.61 Å². The second kappa shape index (κ2) is 6.86. The molecule has 1 heterocycles. The Morgan fingerprint density at radius 1 is 1.30 bits per heavy atom. The van der Waals surface area contributed by atoms with Crippen molar-refractivity contribution in [2.24, 2.45) is 0 Å². The SMILES string of the molecule is CC(C)(O)CCOc1ccc2c(Br)c(C(F)(F)P(O)O)sc2c1. The van der Waals surface area contributed by atoms with Crippen molar-refractivity contribution >= 4 is 45.7 Å². The number of thiophene rings is 1. The average molecular weight is 429 g/mol. The van der Waals surface area contributed by atoms with E-state index in [4.69, 9.17) is 14.5 Å². The number of aliphatic hydroxyl groups is 1. The first kappa shape index (κ1) is 19.0. The maximum atomic E-state index is 13.9. The van der Waals surface area contributed by atoms with Crippen molar-refractivity contribution in [3.05, 3.63) is 27.5 Å². The molecule has 4 nitrogen and oxygen atoms in total. The fraction of sp³-hybridized carbons (Fsp3) is 0.429. The highest BCUT2D eigenvalue weighted by molar-refractivity contribution is 9.10. The molecule has 0 aliphatic rings. The molecule has 2 rings (SSSR count). The average Bonchev–Trinajstić information content (AvgIpc) is 2.75. The van der Waals surface area contributed by atoms with Crippen LogP contribution in [0, 0.1) is 0 Å². The molecule has 0 aliphatic carbocycles. The molecule has 23 heavy (non-hydrogen) atoms. The molecule has 0 amide bonds. The van der Waals surface area contributed by atoms with Gasteiger partial charge in [0.2, 0.25) is 8.38 Å². The zero-order chi connectivity index (χ0) is 17.4. The summed E-state index contributed by atoms with van der Waals surface area (Å²) >= 11 is 3.89. The van der Waals surface area contributed by atoms with E-state index in [2.05, 4.69) is 15.9 Å². The Hall–Kier alpha value is -0.370. The minimum absolute atomic E-state index is 0.154. The molecule has 0 unspecified atom stereocenters.